The molecule has 0 saturated heterocycles. The molecule has 1 aromatic carbocycles. The van der Waals surface area contributed by atoms with E-state index in [0.29, 0.717) is 0 Å². The van der Waals surface area contributed by atoms with Crippen LogP contribution in [0.3, 0.4) is 0 Å². The van der Waals surface area contributed by atoms with Crippen LogP contribution in [0.4, 0.5) is 4.39 Å². The Hall–Kier alpha value is -0.700. The number of alkyl halides is 1. The normalized spacial score (nSPS) is 14.2. The van der Waals surface area contributed by atoms with Gasteiger partial charge in [-0.25, -0.2) is 4.39 Å². The van der Waals surface area contributed by atoms with E-state index < -0.39 is 13.5 Å². The maximum absolute atomic E-state index is 12.9. The fourth-order valence-electron chi connectivity index (χ4n) is 0.806. The standard InChI is InChI=1S/C7H8FO3P/c8-7(12(9,10)11)6-4-2-1-3-5-6/h1-5,7H,(H2,9,10,11)/t7-/m1/s1. The van der Waals surface area contributed by atoms with Crippen molar-refractivity contribution in [1.29, 1.82) is 0 Å². The zero-order chi connectivity index (χ0) is 9.19. The Balaban J connectivity index is 2.94. The smallest absolute Gasteiger partial charge is 0.322 e. The molecule has 5 heteroatoms. The third-order valence-corrected chi connectivity index (χ3v) is 2.26. The third kappa shape index (κ3) is 2.14. The van der Waals surface area contributed by atoms with Crippen molar-refractivity contribution in [1.82, 2.24) is 0 Å². The van der Waals surface area contributed by atoms with Gasteiger partial charge >= 0.3 is 7.60 Å². The molecule has 1 rings (SSSR count). The van der Waals surface area contributed by atoms with E-state index >= 15 is 0 Å². The molecular formula is C7H8FO3P. The molecule has 0 aliphatic heterocycles. The average molecular weight is 190 g/mol. The zero-order valence-corrected chi connectivity index (χ0v) is 6.99. The Kier molecular flexibility index (Phi) is 2.62. The molecule has 1 atom stereocenters. The monoisotopic (exact) mass is 190 g/mol. The highest BCUT2D eigenvalue weighted by Crippen LogP contribution is 2.52. The van der Waals surface area contributed by atoms with E-state index in [1.807, 2.05) is 0 Å². The minimum Gasteiger partial charge on any atom is -0.322 e. The van der Waals surface area contributed by atoms with Gasteiger partial charge in [-0.1, -0.05) is 30.3 Å². The summed E-state index contributed by atoms with van der Waals surface area (Å²) in [6, 6.07) is 7.37. The van der Waals surface area contributed by atoms with Gasteiger partial charge in [-0.15, -0.1) is 0 Å². The number of hydrogen-bond acceptors (Lipinski definition) is 1. The van der Waals surface area contributed by atoms with Crippen molar-refractivity contribution in [2.45, 2.75) is 5.91 Å². The molecule has 1 aromatic rings. The van der Waals surface area contributed by atoms with Gasteiger partial charge in [0.1, 0.15) is 0 Å². The van der Waals surface area contributed by atoms with Crippen molar-refractivity contribution in [3.05, 3.63) is 35.9 Å². The van der Waals surface area contributed by atoms with Crippen molar-refractivity contribution >= 4 is 7.60 Å². The first-order chi connectivity index (χ1) is 5.52. The highest BCUT2D eigenvalue weighted by atomic mass is 31.2. The first kappa shape index (κ1) is 9.39. The van der Waals surface area contributed by atoms with E-state index in [1.165, 1.54) is 24.3 Å². The highest BCUT2D eigenvalue weighted by Gasteiger charge is 2.29. The molecule has 0 radical (unpaired) electrons. The van der Waals surface area contributed by atoms with Crippen LogP contribution in [0.15, 0.2) is 30.3 Å². The number of halogens is 1. The van der Waals surface area contributed by atoms with Gasteiger partial charge < -0.3 is 9.79 Å². The third-order valence-electron chi connectivity index (χ3n) is 1.37. The molecule has 2 N–H and O–H groups in total. The van der Waals surface area contributed by atoms with Crippen molar-refractivity contribution in [3.63, 3.8) is 0 Å². The zero-order valence-electron chi connectivity index (χ0n) is 6.09. The number of hydrogen-bond donors (Lipinski definition) is 2. The second kappa shape index (κ2) is 3.35. The molecule has 0 heterocycles. The Morgan fingerprint density at radius 1 is 1.25 bits per heavy atom. The van der Waals surface area contributed by atoms with Gasteiger partial charge in [-0.3, -0.25) is 4.57 Å². The Labute approximate surface area is 69.0 Å². The molecule has 0 amide bonds. The lowest BCUT2D eigenvalue weighted by molar-refractivity contribution is 0.303. The molecule has 66 valence electrons. The van der Waals surface area contributed by atoms with Crippen LogP contribution in [-0.2, 0) is 4.57 Å². The van der Waals surface area contributed by atoms with Crippen molar-refractivity contribution in [2.24, 2.45) is 0 Å². The average Bonchev–Trinajstić information content (AvgIpc) is 2.03. The van der Waals surface area contributed by atoms with E-state index in [4.69, 9.17) is 9.79 Å². The summed E-state index contributed by atoms with van der Waals surface area (Å²) in [7, 11) is -4.65. The van der Waals surface area contributed by atoms with Gasteiger partial charge in [0.25, 0.3) is 0 Å². The van der Waals surface area contributed by atoms with E-state index in [0.717, 1.165) is 0 Å². The van der Waals surface area contributed by atoms with Gasteiger partial charge in [0.05, 0.1) is 0 Å². The van der Waals surface area contributed by atoms with Crippen molar-refractivity contribution in [2.75, 3.05) is 0 Å². The predicted molar refractivity (Wildman–Crippen MR) is 42.3 cm³/mol. The van der Waals surface area contributed by atoms with Crippen LogP contribution in [0.5, 0.6) is 0 Å². The molecular weight excluding hydrogens is 182 g/mol. The van der Waals surface area contributed by atoms with Crippen LogP contribution >= 0.6 is 7.60 Å². The fourth-order valence-corrected chi connectivity index (χ4v) is 1.37. The molecule has 0 unspecified atom stereocenters. The molecule has 0 aliphatic rings. The topological polar surface area (TPSA) is 57.5 Å². The Bertz CT molecular complexity index is 295. The molecule has 0 saturated carbocycles. The summed E-state index contributed by atoms with van der Waals surface area (Å²) in [6.45, 7) is 0. The lowest BCUT2D eigenvalue weighted by atomic mass is 10.2. The van der Waals surface area contributed by atoms with Crippen LogP contribution in [0.25, 0.3) is 0 Å². The molecule has 0 aliphatic carbocycles. The van der Waals surface area contributed by atoms with Gasteiger partial charge in [-0.05, 0) is 5.56 Å². The summed E-state index contributed by atoms with van der Waals surface area (Å²) in [5.74, 6) is -2.21. The quantitative estimate of drug-likeness (QED) is 0.699. The highest BCUT2D eigenvalue weighted by molar-refractivity contribution is 7.51. The van der Waals surface area contributed by atoms with E-state index in [1.54, 1.807) is 6.07 Å². The van der Waals surface area contributed by atoms with Gasteiger partial charge in [0, 0.05) is 0 Å². The van der Waals surface area contributed by atoms with Crippen LogP contribution in [0, 0.1) is 0 Å². The minimum atomic E-state index is -4.65. The van der Waals surface area contributed by atoms with Gasteiger partial charge in [0.2, 0.25) is 5.91 Å². The molecule has 12 heavy (non-hydrogen) atoms. The van der Waals surface area contributed by atoms with E-state index in [2.05, 4.69) is 0 Å². The summed E-state index contributed by atoms with van der Waals surface area (Å²) in [5, 5.41) is 0. The summed E-state index contributed by atoms with van der Waals surface area (Å²) in [4.78, 5) is 17.0. The SMILES string of the molecule is O=P(O)(O)[C@@H](F)c1ccccc1. The van der Waals surface area contributed by atoms with Gasteiger partial charge in [-0.2, -0.15) is 0 Å². The molecule has 0 spiro atoms. The van der Waals surface area contributed by atoms with E-state index in [9.17, 15) is 8.96 Å². The predicted octanol–water partition coefficient (Wildman–Crippen LogP) is 1.83. The van der Waals surface area contributed by atoms with Crippen LogP contribution < -0.4 is 0 Å². The molecule has 0 aromatic heterocycles. The van der Waals surface area contributed by atoms with Crippen LogP contribution in [-0.4, -0.2) is 9.79 Å². The summed E-state index contributed by atoms with van der Waals surface area (Å²) in [5.41, 5.74) is 0.00540. The second-order valence-corrected chi connectivity index (χ2v) is 3.97. The maximum Gasteiger partial charge on any atom is 0.363 e. The Morgan fingerprint density at radius 2 is 1.75 bits per heavy atom. The lowest BCUT2D eigenvalue weighted by Gasteiger charge is -2.09. The van der Waals surface area contributed by atoms with Crippen molar-refractivity contribution < 1.29 is 18.7 Å². The lowest BCUT2D eigenvalue weighted by Crippen LogP contribution is -1.91. The number of rotatable bonds is 2. The van der Waals surface area contributed by atoms with Crippen molar-refractivity contribution in [3.8, 4) is 0 Å². The molecule has 0 bridgehead atoms. The first-order valence-electron chi connectivity index (χ1n) is 3.26. The number of benzene rings is 1. The first-order valence-corrected chi connectivity index (χ1v) is 4.94. The molecule has 0 fully saturated rings. The maximum atomic E-state index is 12.9. The fraction of sp³-hybridized carbons (Fsp3) is 0.143. The Morgan fingerprint density at radius 3 is 2.17 bits per heavy atom. The van der Waals surface area contributed by atoms with Gasteiger partial charge in [0.15, 0.2) is 0 Å². The van der Waals surface area contributed by atoms with Crippen LogP contribution in [0.2, 0.25) is 0 Å². The summed E-state index contributed by atoms with van der Waals surface area (Å²) >= 11 is 0. The second-order valence-electron chi connectivity index (χ2n) is 2.34. The summed E-state index contributed by atoms with van der Waals surface area (Å²) < 4.78 is 23.3. The minimum absolute atomic E-state index is 0.00540. The van der Waals surface area contributed by atoms with E-state index in [-0.39, 0.29) is 5.56 Å². The largest absolute Gasteiger partial charge is 0.363 e. The van der Waals surface area contributed by atoms with Crippen LogP contribution in [0.1, 0.15) is 11.5 Å². The summed E-state index contributed by atoms with van der Waals surface area (Å²) in [6.07, 6.45) is 0. The molecule has 3 nitrogen and oxygen atoms in total.